The van der Waals surface area contributed by atoms with Gasteiger partial charge in [0.2, 0.25) is 5.89 Å². The second-order valence-electron chi connectivity index (χ2n) is 5.94. The van der Waals surface area contributed by atoms with Crippen molar-refractivity contribution in [3.8, 4) is 0 Å². The number of aryl methyl sites for hydroxylation is 1. The maximum absolute atomic E-state index is 5.39. The summed E-state index contributed by atoms with van der Waals surface area (Å²) in [5.41, 5.74) is 0. The van der Waals surface area contributed by atoms with E-state index in [-0.39, 0.29) is 6.04 Å². The fraction of sp³-hybridized carbons (Fsp3) is 0.500. The van der Waals surface area contributed by atoms with Gasteiger partial charge in [0.25, 0.3) is 0 Å². The Labute approximate surface area is 144 Å². The van der Waals surface area contributed by atoms with E-state index < -0.39 is 0 Å². The maximum atomic E-state index is 5.39. The van der Waals surface area contributed by atoms with Crippen LogP contribution in [0.1, 0.15) is 31.6 Å². The van der Waals surface area contributed by atoms with E-state index in [2.05, 4.69) is 48.3 Å². The summed E-state index contributed by atoms with van der Waals surface area (Å²) in [5, 5.41) is 7.22. The molecule has 4 rings (SSSR count). The first kappa shape index (κ1) is 15.5. The summed E-state index contributed by atoms with van der Waals surface area (Å²) in [6.45, 7) is 7.92. The lowest BCUT2D eigenvalue weighted by Crippen LogP contribution is -2.47. The molecule has 0 spiro atoms. The molecule has 0 unspecified atom stereocenters. The van der Waals surface area contributed by atoms with Crippen molar-refractivity contribution in [2.75, 3.05) is 31.1 Å². The van der Waals surface area contributed by atoms with Gasteiger partial charge in [0, 0.05) is 32.6 Å². The number of thiophene rings is 1. The molecule has 0 aromatic carbocycles. The third-order valence-electron chi connectivity index (χ3n) is 4.56. The van der Waals surface area contributed by atoms with Gasteiger partial charge in [0.15, 0.2) is 5.82 Å². The molecule has 0 radical (unpaired) electrons. The standard InChI is InChI=1S/C16H20N6OS/c1-3-13-19-15(23-20-13)11(2)21-5-7-22(8-6-21)14-12-4-9-24-16(12)18-10-17-14/h4,9-11H,3,5-8H2,1-2H3/t11-/m1/s1. The molecule has 3 aromatic rings. The van der Waals surface area contributed by atoms with Crippen LogP contribution < -0.4 is 4.90 Å². The second kappa shape index (κ2) is 6.45. The molecule has 1 atom stereocenters. The number of nitrogens with zero attached hydrogens (tertiary/aromatic N) is 6. The smallest absolute Gasteiger partial charge is 0.243 e. The van der Waals surface area contributed by atoms with Gasteiger partial charge in [-0.05, 0) is 18.4 Å². The van der Waals surface area contributed by atoms with Crippen molar-refractivity contribution in [1.82, 2.24) is 25.0 Å². The first-order chi connectivity index (χ1) is 11.8. The molecular formula is C16H20N6OS. The Balaban J connectivity index is 1.45. The molecule has 126 valence electrons. The molecule has 3 aromatic heterocycles. The van der Waals surface area contributed by atoms with Gasteiger partial charge in [-0.15, -0.1) is 11.3 Å². The zero-order valence-electron chi connectivity index (χ0n) is 13.8. The number of hydrogen-bond acceptors (Lipinski definition) is 8. The molecule has 0 bridgehead atoms. The molecule has 8 heteroatoms. The molecule has 24 heavy (non-hydrogen) atoms. The third-order valence-corrected chi connectivity index (χ3v) is 5.38. The molecule has 1 aliphatic rings. The van der Waals surface area contributed by atoms with E-state index >= 15 is 0 Å². The minimum atomic E-state index is 0.145. The lowest BCUT2D eigenvalue weighted by molar-refractivity contribution is 0.164. The van der Waals surface area contributed by atoms with Crippen LogP contribution in [-0.4, -0.2) is 51.2 Å². The maximum Gasteiger partial charge on any atom is 0.243 e. The Kier molecular flexibility index (Phi) is 4.15. The summed E-state index contributed by atoms with van der Waals surface area (Å²) in [4.78, 5) is 19.1. The van der Waals surface area contributed by atoms with Crippen LogP contribution in [0, 0.1) is 0 Å². The molecule has 1 saturated heterocycles. The summed E-state index contributed by atoms with van der Waals surface area (Å²) in [7, 11) is 0. The van der Waals surface area contributed by atoms with E-state index in [4.69, 9.17) is 4.52 Å². The molecule has 1 fully saturated rings. The van der Waals surface area contributed by atoms with Crippen molar-refractivity contribution >= 4 is 27.4 Å². The van der Waals surface area contributed by atoms with Crippen molar-refractivity contribution in [3.05, 3.63) is 29.5 Å². The van der Waals surface area contributed by atoms with Gasteiger partial charge in [-0.2, -0.15) is 4.98 Å². The first-order valence-corrected chi connectivity index (χ1v) is 9.14. The van der Waals surface area contributed by atoms with E-state index in [1.807, 2.05) is 6.92 Å². The van der Waals surface area contributed by atoms with E-state index in [0.29, 0.717) is 5.89 Å². The Morgan fingerprint density at radius 1 is 1.25 bits per heavy atom. The molecule has 1 aliphatic heterocycles. The number of fused-ring (bicyclic) bond motifs is 1. The molecule has 0 saturated carbocycles. The monoisotopic (exact) mass is 344 g/mol. The van der Waals surface area contributed by atoms with Crippen LogP contribution in [0.4, 0.5) is 5.82 Å². The summed E-state index contributed by atoms with van der Waals surface area (Å²) >= 11 is 1.66. The Morgan fingerprint density at radius 3 is 2.83 bits per heavy atom. The van der Waals surface area contributed by atoms with Crippen LogP contribution in [-0.2, 0) is 6.42 Å². The fourth-order valence-corrected chi connectivity index (χ4v) is 3.81. The summed E-state index contributed by atoms with van der Waals surface area (Å²) in [6.07, 6.45) is 2.46. The third kappa shape index (κ3) is 2.76. The minimum Gasteiger partial charge on any atom is -0.353 e. The zero-order chi connectivity index (χ0) is 16.5. The first-order valence-electron chi connectivity index (χ1n) is 8.26. The lowest BCUT2D eigenvalue weighted by atomic mass is 10.2. The van der Waals surface area contributed by atoms with Gasteiger partial charge < -0.3 is 9.42 Å². The van der Waals surface area contributed by atoms with E-state index in [1.165, 1.54) is 0 Å². The normalized spacial score (nSPS) is 17.5. The average molecular weight is 344 g/mol. The van der Waals surface area contributed by atoms with E-state index in [1.54, 1.807) is 17.7 Å². The highest BCUT2D eigenvalue weighted by Crippen LogP contribution is 2.28. The quantitative estimate of drug-likeness (QED) is 0.720. The van der Waals surface area contributed by atoms with E-state index in [0.717, 1.165) is 54.5 Å². The molecular weight excluding hydrogens is 324 g/mol. The lowest BCUT2D eigenvalue weighted by Gasteiger charge is -2.37. The van der Waals surface area contributed by atoms with Crippen molar-refractivity contribution in [1.29, 1.82) is 0 Å². The van der Waals surface area contributed by atoms with Gasteiger partial charge in [-0.25, -0.2) is 9.97 Å². The fourth-order valence-electron chi connectivity index (χ4n) is 3.09. The second-order valence-corrected chi connectivity index (χ2v) is 6.83. The number of aromatic nitrogens is 4. The van der Waals surface area contributed by atoms with Crippen molar-refractivity contribution in [2.24, 2.45) is 0 Å². The van der Waals surface area contributed by atoms with Crippen molar-refractivity contribution in [2.45, 2.75) is 26.3 Å². The zero-order valence-corrected chi connectivity index (χ0v) is 14.7. The molecule has 7 nitrogen and oxygen atoms in total. The van der Waals surface area contributed by atoms with Crippen LogP contribution in [0.3, 0.4) is 0 Å². The summed E-state index contributed by atoms with van der Waals surface area (Å²) in [5.74, 6) is 2.53. The molecule has 0 N–H and O–H groups in total. The average Bonchev–Trinajstić information content (AvgIpc) is 3.30. The summed E-state index contributed by atoms with van der Waals surface area (Å²) < 4.78 is 5.39. The number of rotatable bonds is 4. The molecule has 4 heterocycles. The van der Waals surface area contributed by atoms with Crippen LogP contribution in [0.15, 0.2) is 22.3 Å². The topological polar surface area (TPSA) is 71.2 Å². The number of piperazine rings is 1. The Hall–Kier alpha value is -2.06. The molecule has 0 aliphatic carbocycles. The summed E-state index contributed by atoms with van der Waals surface area (Å²) in [6, 6.07) is 2.25. The largest absolute Gasteiger partial charge is 0.353 e. The van der Waals surface area contributed by atoms with Crippen LogP contribution in [0.25, 0.3) is 10.2 Å². The van der Waals surface area contributed by atoms with Gasteiger partial charge in [0.05, 0.1) is 11.4 Å². The number of hydrogen-bond donors (Lipinski definition) is 0. The van der Waals surface area contributed by atoms with Gasteiger partial charge in [-0.3, -0.25) is 4.90 Å². The van der Waals surface area contributed by atoms with Crippen LogP contribution in [0.5, 0.6) is 0 Å². The van der Waals surface area contributed by atoms with Crippen LogP contribution in [0.2, 0.25) is 0 Å². The van der Waals surface area contributed by atoms with Gasteiger partial charge in [-0.1, -0.05) is 12.1 Å². The number of anilines is 1. The predicted molar refractivity (Wildman–Crippen MR) is 93.3 cm³/mol. The minimum absolute atomic E-state index is 0.145. The highest BCUT2D eigenvalue weighted by atomic mass is 32.1. The van der Waals surface area contributed by atoms with Crippen molar-refractivity contribution in [3.63, 3.8) is 0 Å². The van der Waals surface area contributed by atoms with Gasteiger partial charge in [0.1, 0.15) is 17.0 Å². The van der Waals surface area contributed by atoms with Crippen molar-refractivity contribution < 1.29 is 4.52 Å². The van der Waals surface area contributed by atoms with Gasteiger partial charge >= 0.3 is 0 Å². The highest BCUT2D eigenvalue weighted by molar-refractivity contribution is 7.16. The Bertz CT molecular complexity index is 823. The van der Waals surface area contributed by atoms with Crippen LogP contribution >= 0.6 is 11.3 Å². The molecule has 0 amide bonds. The highest BCUT2D eigenvalue weighted by Gasteiger charge is 2.26. The van der Waals surface area contributed by atoms with E-state index in [9.17, 15) is 0 Å². The predicted octanol–water partition coefficient (Wildman–Crippen LogP) is 2.52. The Morgan fingerprint density at radius 2 is 2.08 bits per heavy atom. The SMILES string of the molecule is CCc1noc([C@@H](C)N2CCN(c3ncnc4sccc34)CC2)n1.